The first-order valence-corrected chi connectivity index (χ1v) is 9.33. The van der Waals surface area contributed by atoms with Crippen LogP contribution in [0.15, 0.2) is 47.1 Å². The van der Waals surface area contributed by atoms with Crippen LogP contribution < -0.4 is 0 Å². The molecule has 1 aliphatic rings. The Morgan fingerprint density at radius 1 is 1.19 bits per heavy atom. The standard InChI is InChI=1S/C20H25N5O/c1-15(2)25-12-10-21-19(25)17-9-6-11-24(13-17)14-18-22-23-20(26-18)16-7-4-3-5-8-16/h3-5,7-8,10,12,15,17H,6,9,11,13-14H2,1-2H3/t17-/m1/s1. The molecule has 0 amide bonds. The zero-order valence-electron chi connectivity index (χ0n) is 15.4. The van der Waals surface area contributed by atoms with Gasteiger partial charge in [-0.2, -0.15) is 0 Å². The Balaban J connectivity index is 1.44. The van der Waals surface area contributed by atoms with Crippen LogP contribution in [-0.2, 0) is 6.54 Å². The number of piperidine rings is 1. The Labute approximate surface area is 153 Å². The summed E-state index contributed by atoms with van der Waals surface area (Å²) in [6, 6.07) is 10.3. The smallest absolute Gasteiger partial charge is 0.247 e. The highest BCUT2D eigenvalue weighted by molar-refractivity contribution is 5.51. The zero-order valence-corrected chi connectivity index (χ0v) is 15.4. The lowest BCUT2D eigenvalue weighted by molar-refractivity contribution is 0.178. The number of imidazole rings is 1. The van der Waals surface area contributed by atoms with Crippen molar-refractivity contribution >= 4 is 0 Å². The Morgan fingerprint density at radius 3 is 2.85 bits per heavy atom. The molecule has 0 aliphatic carbocycles. The lowest BCUT2D eigenvalue weighted by Gasteiger charge is -2.32. The van der Waals surface area contributed by atoms with Crippen molar-refractivity contribution in [3.63, 3.8) is 0 Å². The quantitative estimate of drug-likeness (QED) is 0.698. The van der Waals surface area contributed by atoms with E-state index < -0.39 is 0 Å². The average Bonchev–Trinajstić information content (AvgIpc) is 3.32. The molecular weight excluding hydrogens is 326 g/mol. The van der Waals surface area contributed by atoms with Crippen molar-refractivity contribution in [2.45, 2.75) is 45.2 Å². The van der Waals surface area contributed by atoms with Gasteiger partial charge in [-0.25, -0.2) is 4.98 Å². The topological polar surface area (TPSA) is 60.0 Å². The average molecular weight is 351 g/mol. The maximum absolute atomic E-state index is 5.88. The third-order valence-electron chi connectivity index (χ3n) is 4.97. The zero-order chi connectivity index (χ0) is 17.9. The second-order valence-corrected chi connectivity index (χ2v) is 7.23. The van der Waals surface area contributed by atoms with Gasteiger partial charge in [-0.05, 0) is 45.4 Å². The summed E-state index contributed by atoms with van der Waals surface area (Å²) in [4.78, 5) is 7.03. The largest absolute Gasteiger partial charge is 0.419 e. The predicted molar refractivity (Wildman–Crippen MR) is 99.6 cm³/mol. The lowest BCUT2D eigenvalue weighted by Crippen LogP contribution is -2.35. The molecule has 3 heterocycles. The Hall–Kier alpha value is -2.47. The maximum atomic E-state index is 5.88. The fraction of sp³-hybridized carbons (Fsp3) is 0.450. The molecule has 4 rings (SSSR count). The van der Waals surface area contributed by atoms with Gasteiger partial charge in [0.1, 0.15) is 5.82 Å². The predicted octanol–water partition coefficient (Wildman–Crippen LogP) is 3.89. The number of hydrogen-bond acceptors (Lipinski definition) is 5. The van der Waals surface area contributed by atoms with Crippen molar-refractivity contribution in [3.05, 3.63) is 54.4 Å². The molecule has 0 spiro atoms. The lowest BCUT2D eigenvalue weighted by atomic mass is 9.97. The van der Waals surface area contributed by atoms with Crippen LogP contribution in [0.25, 0.3) is 11.5 Å². The number of nitrogens with zero attached hydrogens (tertiary/aromatic N) is 5. The normalized spacial score (nSPS) is 18.5. The molecule has 1 aromatic carbocycles. The number of likely N-dealkylation sites (tertiary alicyclic amines) is 1. The van der Waals surface area contributed by atoms with Crippen LogP contribution >= 0.6 is 0 Å². The van der Waals surface area contributed by atoms with E-state index in [1.807, 2.05) is 36.5 Å². The third kappa shape index (κ3) is 3.55. The summed E-state index contributed by atoms with van der Waals surface area (Å²) < 4.78 is 8.16. The molecule has 0 saturated carbocycles. The molecule has 1 atom stereocenters. The van der Waals surface area contributed by atoms with Crippen LogP contribution in [0.5, 0.6) is 0 Å². The van der Waals surface area contributed by atoms with Gasteiger partial charge in [0, 0.05) is 36.5 Å². The van der Waals surface area contributed by atoms with Gasteiger partial charge in [0.25, 0.3) is 0 Å². The van der Waals surface area contributed by atoms with Crippen molar-refractivity contribution in [2.24, 2.45) is 0 Å². The van der Waals surface area contributed by atoms with Crippen molar-refractivity contribution in [3.8, 4) is 11.5 Å². The molecule has 0 N–H and O–H groups in total. The highest BCUT2D eigenvalue weighted by atomic mass is 16.4. The molecular formula is C20H25N5O. The SMILES string of the molecule is CC(C)n1ccnc1[C@@H]1CCCN(Cc2nnc(-c3ccccc3)o2)C1. The van der Waals surface area contributed by atoms with Crippen LogP contribution in [-0.4, -0.2) is 37.7 Å². The van der Waals surface area contributed by atoms with Gasteiger partial charge in [0.2, 0.25) is 11.8 Å². The Bertz CT molecular complexity index is 839. The summed E-state index contributed by atoms with van der Waals surface area (Å²) in [5.41, 5.74) is 0.960. The van der Waals surface area contributed by atoms with Gasteiger partial charge in [0.05, 0.1) is 6.54 Å². The molecule has 0 unspecified atom stereocenters. The highest BCUT2D eigenvalue weighted by Crippen LogP contribution is 2.28. The van der Waals surface area contributed by atoms with E-state index in [1.54, 1.807) is 0 Å². The summed E-state index contributed by atoms with van der Waals surface area (Å²) in [5, 5.41) is 8.44. The van der Waals surface area contributed by atoms with Crippen LogP contribution in [0.2, 0.25) is 0 Å². The maximum Gasteiger partial charge on any atom is 0.247 e. The molecule has 3 aromatic rings. The Morgan fingerprint density at radius 2 is 2.04 bits per heavy atom. The summed E-state index contributed by atoms with van der Waals surface area (Å²) in [7, 11) is 0. The summed E-state index contributed by atoms with van der Waals surface area (Å²) in [6.45, 7) is 7.14. The molecule has 26 heavy (non-hydrogen) atoms. The number of benzene rings is 1. The van der Waals surface area contributed by atoms with E-state index in [1.165, 1.54) is 12.2 Å². The molecule has 136 valence electrons. The van der Waals surface area contributed by atoms with Gasteiger partial charge in [-0.1, -0.05) is 18.2 Å². The van der Waals surface area contributed by atoms with Crippen LogP contribution in [0, 0.1) is 0 Å². The Kier molecular flexibility index (Phi) is 4.84. The number of hydrogen-bond donors (Lipinski definition) is 0. The fourth-order valence-electron chi connectivity index (χ4n) is 3.69. The van der Waals surface area contributed by atoms with Gasteiger partial charge in [-0.3, -0.25) is 4.90 Å². The first kappa shape index (κ1) is 17.0. The molecule has 0 radical (unpaired) electrons. The second kappa shape index (κ2) is 7.41. The molecule has 1 fully saturated rings. The fourth-order valence-corrected chi connectivity index (χ4v) is 3.69. The number of rotatable bonds is 5. The van der Waals surface area contributed by atoms with Gasteiger partial charge in [-0.15, -0.1) is 10.2 Å². The van der Waals surface area contributed by atoms with E-state index in [2.05, 4.69) is 44.7 Å². The molecule has 1 saturated heterocycles. The summed E-state index contributed by atoms with van der Waals surface area (Å²) in [5.74, 6) is 2.92. The van der Waals surface area contributed by atoms with E-state index >= 15 is 0 Å². The van der Waals surface area contributed by atoms with Gasteiger partial charge >= 0.3 is 0 Å². The molecule has 0 bridgehead atoms. The first-order valence-electron chi connectivity index (χ1n) is 9.33. The van der Waals surface area contributed by atoms with Crippen LogP contribution in [0.1, 0.15) is 50.4 Å². The second-order valence-electron chi connectivity index (χ2n) is 7.23. The number of aromatic nitrogens is 4. The summed E-state index contributed by atoms with van der Waals surface area (Å²) >= 11 is 0. The minimum absolute atomic E-state index is 0.437. The van der Waals surface area contributed by atoms with Crippen molar-refractivity contribution in [1.82, 2.24) is 24.6 Å². The van der Waals surface area contributed by atoms with Gasteiger partial charge in [0.15, 0.2) is 0 Å². The molecule has 1 aliphatic heterocycles. The molecule has 6 heteroatoms. The highest BCUT2D eigenvalue weighted by Gasteiger charge is 2.26. The molecule has 2 aromatic heterocycles. The minimum Gasteiger partial charge on any atom is -0.419 e. The summed E-state index contributed by atoms with van der Waals surface area (Å²) in [6.07, 6.45) is 6.34. The van der Waals surface area contributed by atoms with E-state index in [9.17, 15) is 0 Å². The van der Waals surface area contributed by atoms with E-state index in [0.717, 1.165) is 25.1 Å². The first-order chi connectivity index (χ1) is 12.7. The van der Waals surface area contributed by atoms with E-state index in [4.69, 9.17) is 4.42 Å². The monoisotopic (exact) mass is 351 g/mol. The van der Waals surface area contributed by atoms with E-state index in [-0.39, 0.29) is 0 Å². The van der Waals surface area contributed by atoms with Crippen molar-refractivity contribution in [2.75, 3.05) is 13.1 Å². The van der Waals surface area contributed by atoms with Gasteiger partial charge < -0.3 is 8.98 Å². The van der Waals surface area contributed by atoms with E-state index in [0.29, 0.717) is 30.3 Å². The van der Waals surface area contributed by atoms with Crippen molar-refractivity contribution < 1.29 is 4.42 Å². The van der Waals surface area contributed by atoms with Crippen LogP contribution in [0.4, 0.5) is 0 Å². The van der Waals surface area contributed by atoms with Crippen LogP contribution in [0.3, 0.4) is 0 Å². The van der Waals surface area contributed by atoms with Crippen molar-refractivity contribution in [1.29, 1.82) is 0 Å². The third-order valence-corrected chi connectivity index (χ3v) is 4.97. The minimum atomic E-state index is 0.437. The molecule has 6 nitrogen and oxygen atoms in total.